The Morgan fingerprint density at radius 2 is 1.76 bits per heavy atom. The van der Waals surface area contributed by atoms with Crippen LogP contribution >= 0.6 is 11.8 Å². The van der Waals surface area contributed by atoms with Crippen LogP contribution in [0.4, 0.5) is 0 Å². The zero-order chi connectivity index (χ0) is 20.6. The third kappa shape index (κ3) is 5.26. The number of carbonyl (C=O) groups is 2. The predicted octanol–water partition coefficient (Wildman–Crippen LogP) is 3.87. The Kier molecular flexibility index (Phi) is 7.08. The first-order valence-electron chi connectivity index (χ1n) is 9.31. The minimum Gasteiger partial charge on any atom is -0.481 e. The number of aliphatic imine (C=N–C) groups is 1. The molecule has 3 rings (SSSR count). The molecule has 2 aromatic carbocycles. The minimum atomic E-state index is -0.862. The van der Waals surface area contributed by atoms with Crippen molar-refractivity contribution in [3.63, 3.8) is 0 Å². The Morgan fingerprint density at radius 1 is 1.10 bits per heavy atom. The monoisotopic (exact) mass is 410 g/mol. The molecule has 6 nitrogen and oxygen atoms in total. The second-order valence-electron chi connectivity index (χ2n) is 6.24. The number of ether oxygens (including phenoxy) is 1. The lowest BCUT2D eigenvalue weighted by atomic mass is 9.94. The number of esters is 1. The van der Waals surface area contributed by atoms with E-state index in [1.165, 1.54) is 11.8 Å². The normalized spacial score (nSPS) is 16.0. The molecule has 7 heteroatoms. The smallest absolute Gasteiger partial charge is 0.338 e. The molecule has 0 radical (unpaired) electrons. The molecule has 0 unspecified atom stereocenters. The van der Waals surface area contributed by atoms with Crippen molar-refractivity contribution in [1.29, 1.82) is 0 Å². The molecule has 29 heavy (non-hydrogen) atoms. The van der Waals surface area contributed by atoms with Gasteiger partial charge in [-0.15, -0.1) is 0 Å². The number of nitrogens with one attached hydrogen (secondary N) is 1. The van der Waals surface area contributed by atoms with Crippen molar-refractivity contribution in [1.82, 2.24) is 5.32 Å². The summed E-state index contributed by atoms with van der Waals surface area (Å²) in [7, 11) is 0. The summed E-state index contributed by atoms with van der Waals surface area (Å²) >= 11 is 1.32. The summed E-state index contributed by atoms with van der Waals surface area (Å²) in [6.07, 6.45) is 0.0243. The van der Waals surface area contributed by atoms with E-state index in [1.807, 2.05) is 60.7 Å². The van der Waals surface area contributed by atoms with Crippen molar-refractivity contribution in [3.8, 4) is 0 Å². The Bertz CT molecular complexity index is 926. The molecule has 0 amide bonds. The van der Waals surface area contributed by atoms with Crippen molar-refractivity contribution in [2.45, 2.75) is 19.4 Å². The minimum absolute atomic E-state index is 0.0243. The predicted molar refractivity (Wildman–Crippen MR) is 114 cm³/mol. The maximum Gasteiger partial charge on any atom is 0.338 e. The summed E-state index contributed by atoms with van der Waals surface area (Å²) in [6.45, 7) is 2.03. The fraction of sp³-hybridized carbons (Fsp3) is 0.227. The third-order valence-electron chi connectivity index (χ3n) is 4.25. The molecule has 1 aliphatic heterocycles. The van der Waals surface area contributed by atoms with E-state index in [0.29, 0.717) is 22.2 Å². The van der Waals surface area contributed by atoms with Crippen LogP contribution in [0.25, 0.3) is 5.70 Å². The van der Waals surface area contributed by atoms with Gasteiger partial charge in [0.15, 0.2) is 5.17 Å². The molecule has 2 aromatic rings. The Hall–Kier alpha value is -3.06. The first-order valence-corrected chi connectivity index (χ1v) is 10.3. The van der Waals surface area contributed by atoms with E-state index < -0.39 is 18.0 Å². The first kappa shape index (κ1) is 20.7. The lowest BCUT2D eigenvalue weighted by molar-refractivity contribution is -0.139. The van der Waals surface area contributed by atoms with Crippen molar-refractivity contribution in [2.24, 2.45) is 4.99 Å². The fourth-order valence-corrected chi connectivity index (χ4v) is 3.79. The van der Waals surface area contributed by atoms with Crippen LogP contribution in [0.15, 0.2) is 71.2 Å². The number of rotatable bonds is 7. The number of thioether (sulfide) groups is 1. The molecule has 1 atom stereocenters. The second-order valence-corrected chi connectivity index (χ2v) is 7.32. The molecule has 0 fully saturated rings. The molecule has 0 aliphatic carbocycles. The highest BCUT2D eigenvalue weighted by atomic mass is 32.2. The highest BCUT2D eigenvalue weighted by molar-refractivity contribution is 8.13. The standard InChI is InChI=1S/C22H22N2O4S/c1-2-28-21(27)18-19(15-9-5-3-6-10-15)23-22(29-14-13-17(25)26)24-20(18)16-11-7-4-8-12-16/h3-12,19H,2,13-14H2,1H3,(H,23,24)(H,25,26)/t19-/m1/s1. The molecular weight excluding hydrogens is 388 g/mol. The van der Waals surface area contributed by atoms with Gasteiger partial charge in [0, 0.05) is 5.75 Å². The molecule has 150 valence electrons. The summed E-state index contributed by atoms with van der Waals surface area (Å²) < 4.78 is 5.34. The van der Waals surface area contributed by atoms with Gasteiger partial charge in [-0.25, -0.2) is 9.79 Å². The zero-order valence-corrected chi connectivity index (χ0v) is 16.8. The topological polar surface area (TPSA) is 88.0 Å². The molecule has 1 heterocycles. The number of nitrogens with zero attached hydrogens (tertiary/aromatic N) is 1. The Labute approximate surface area is 173 Å². The summed E-state index contributed by atoms with van der Waals surface area (Å²) in [5.74, 6) is -0.912. The van der Waals surface area contributed by atoms with Crippen LogP contribution in [-0.2, 0) is 14.3 Å². The molecule has 1 aliphatic rings. The summed E-state index contributed by atoms with van der Waals surface area (Å²) in [5.41, 5.74) is 2.77. The van der Waals surface area contributed by atoms with Crippen LogP contribution in [0.1, 0.15) is 30.5 Å². The lowest BCUT2D eigenvalue weighted by Crippen LogP contribution is -2.31. The first-order chi connectivity index (χ1) is 14.1. The average molecular weight is 410 g/mol. The van der Waals surface area contributed by atoms with E-state index in [1.54, 1.807) is 6.92 Å². The number of carboxylic acid groups (broad SMARTS) is 1. The van der Waals surface area contributed by atoms with Gasteiger partial charge in [0.05, 0.1) is 24.3 Å². The quantitative estimate of drug-likeness (QED) is 0.674. The number of carboxylic acids is 1. The van der Waals surface area contributed by atoms with Crippen LogP contribution in [0.3, 0.4) is 0 Å². The van der Waals surface area contributed by atoms with Crippen molar-refractivity contribution < 1.29 is 19.4 Å². The van der Waals surface area contributed by atoms with Crippen LogP contribution in [-0.4, -0.2) is 34.6 Å². The van der Waals surface area contributed by atoms with Crippen molar-refractivity contribution in [2.75, 3.05) is 12.4 Å². The highest BCUT2D eigenvalue weighted by Crippen LogP contribution is 2.36. The lowest BCUT2D eigenvalue weighted by Gasteiger charge is -2.27. The number of hydrogen-bond donors (Lipinski definition) is 2. The van der Waals surface area contributed by atoms with Crippen LogP contribution in [0.2, 0.25) is 0 Å². The zero-order valence-electron chi connectivity index (χ0n) is 16.0. The highest BCUT2D eigenvalue weighted by Gasteiger charge is 2.32. The van der Waals surface area contributed by atoms with E-state index >= 15 is 0 Å². The Balaban J connectivity index is 2.07. The van der Waals surface area contributed by atoms with E-state index in [0.717, 1.165) is 11.1 Å². The van der Waals surface area contributed by atoms with Gasteiger partial charge >= 0.3 is 11.9 Å². The van der Waals surface area contributed by atoms with Gasteiger partial charge in [0.1, 0.15) is 6.04 Å². The van der Waals surface area contributed by atoms with Crippen molar-refractivity contribution in [3.05, 3.63) is 77.4 Å². The number of aliphatic carboxylic acids is 1. The van der Waals surface area contributed by atoms with Gasteiger partial charge in [0.25, 0.3) is 0 Å². The maximum atomic E-state index is 12.9. The SMILES string of the molecule is CCOC(=O)C1=C(c2ccccc2)NC(SCCC(=O)O)=N[C@@H]1c1ccccc1. The Morgan fingerprint density at radius 3 is 2.38 bits per heavy atom. The second kappa shape index (κ2) is 9.93. The summed E-state index contributed by atoms with van der Waals surface area (Å²) in [6, 6.07) is 18.5. The molecule has 0 aromatic heterocycles. The summed E-state index contributed by atoms with van der Waals surface area (Å²) in [4.78, 5) is 28.5. The van der Waals surface area contributed by atoms with Crippen LogP contribution < -0.4 is 5.32 Å². The number of carbonyl (C=O) groups excluding carboxylic acids is 1. The van der Waals surface area contributed by atoms with E-state index in [2.05, 4.69) is 5.32 Å². The largest absolute Gasteiger partial charge is 0.481 e. The number of benzene rings is 2. The van der Waals surface area contributed by atoms with E-state index in [9.17, 15) is 9.59 Å². The van der Waals surface area contributed by atoms with Crippen LogP contribution in [0.5, 0.6) is 0 Å². The van der Waals surface area contributed by atoms with Gasteiger partial charge in [-0.2, -0.15) is 0 Å². The molecule has 0 bridgehead atoms. The van der Waals surface area contributed by atoms with Gasteiger partial charge in [-0.05, 0) is 18.1 Å². The van der Waals surface area contributed by atoms with Gasteiger partial charge < -0.3 is 15.2 Å². The van der Waals surface area contributed by atoms with Gasteiger partial charge in [-0.1, -0.05) is 72.4 Å². The number of hydrogen-bond acceptors (Lipinski definition) is 6. The fourth-order valence-electron chi connectivity index (χ4n) is 2.96. The molecular formula is C22H22N2O4S. The maximum absolute atomic E-state index is 12.9. The molecule has 0 saturated heterocycles. The third-order valence-corrected chi connectivity index (χ3v) is 5.14. The van der Waals surface area contributed by atoms with Crippen molar-refractivity contribution >= 4 is 34.6 Å². The molecule has 0 spiro atoms. The van der Waals surface area contributed by atoms with Gasteiger partial charge in [0.2, 0.25) is 0 Å². The average Bonchev–Trinajstić information content (AvgIpc) is 2.74. The number of amidine groups is 1. The van der Waals surface area contributed by atoms with Crippen LogP contribution in [0, 0.1) is 0 Å². The van der Waals surface area contributed by atoms with E-state index in [4.69, 9.17) is 14.8 Å². The molecule has 0 saturated carbocycles. The van der Waals surface area contributed by atoms with Gasteiger partial charge in [-0.3, -0.25) is 4.79 Å². The summed E-state index contributed by atoms with van der Waals surface area (Å²) in [5, 5.41) is 12.7. The molecule has 2 N–H and O–H groups in total. The van der Waals surface area contributed by atoms with E-state index in [-0.39, 0.29) is 13.0 Å².